The summed E-state index contributed by atoms with van der Waals surface area (Å²) in [7, 11) is 0. The Morgan fingerprint density at radius 2 is 2.23 bits per heavy atom. The fraction of sp³-hybridized carbons (Fsp3) is 0.300. The Kier molecular flexibility index (Phi) is 1.93. The minimum Gasteiger partial charge on any atom is -0.479 e. The topological polar surface area (TPSA) is 46.5 Å². The molecule has 0 aromatic heterocycles. The lowest BCUT2D eigenvalue weighted by atomic mass is 10.1. The van der Waals surface area contributed by atoms with E-state index >= 15 is 0 Å². The summed E-state index contributed by atoms with van der Waals surface area (Å²) in [5.74, 6) is -0.171. The van der Waals surface area contributed by atoms with Gasteiger partial charge in [-0.25, -0.2) is 4.79 Å². The van der Waals surface area contributed by atoms with Gasteiger partial charge in [0.15, 0.2) is 6.10 Å². The highest BCUT2D eigenvalue weighted by molar-refractivity contribution is 5.73. The molecule has 0 unspecified atom stereocenters. The molecular weight excluding hydrogens is 170 g/mol. The molecule has 0 aliphatic carbocycles. The van der Waals surface area contributed by atoms with Crippen LogP contribution >= 0.6 is 0 Å². The molecule has 0 radical (unpaired) electrons. The quantitative estimate of drug-likeness (QED) is 0.711. The van der Waals surface area contributed by atoms with E-state index < -0.39 is 12.1 Å². The van der Waals surface area contributed by atoms with Gasteiger partial charge in [0.25, 0.3) is 0 Å². The molecule has 1 heterocycles. The van der Waals surface area contributed by atoms with Crippen LogP contribution < -0.4 is 4.74 Å². The third kappa shape index (κ3) is 1.49. The van der Waals surface area contributed by atoms with Gasteiger partial charge in [-0.2, -0.15) is 0 Å². The number of carboxylic acid groups (broad SMARTS) is 1. The molecule has 0 bridgehead atoms. The van der Waals surface area contributed by atoms with E-state index in [0.717, 1.165) is 12.0 Å². The maximum atomic E-state index is 10.6. The Balaban J connectivity index is 2.24. The Labute approximate surface area is 76.0 Å². The third-order valence-electron chi connectivity index (χ3n) is 2.19. The van der Waals surface area contributed by atoms with Gasteiger partial charge in [0.05, 0.1) is 0 Å². The maximum absolute atomic E-state index is 10.6. The molecule has 0 fully saturated rings. The largest absolute Gasteiger partial charge is 0.479 e. The van der Waals surface area contributed by atoms with Crippen LogP contribution in [-0.2, 0) is 11.2 Å². The summed E-state index contributed by atoms with van der Waals surface area (Å²) < 4.78 is 5.29. The molecule has 0 saturated heterocycles. The van der Waals surface area contributed by atoms with Crippen LogP contribution in [0, 0.1) is 0 Å². The van der Waals surface area contributed by atoms with Crippen molar-refractivity contribution in [2.24, 2.45) is 0 Å². The number of rotatable bonds is 1. The highest BCUT2D eigenvalue weighted by Gasteiger charge is 2.24. The summed E-state index contributed by atoms with van der Waals surface area (Å²) in [6, 6.07) is 7.56. The molecular formula is C10H10O3. The maximum Gasteiger partial charge on any atom is 0.344 e. The van der Waals surface area contributed by atoms with E-state index in [1.165, 1.54) is 0 Å². The van der Waals surface area contributed by atoms with E-state index in [9.17, 15) is 4.79 Å². The zero-order valence-electron chi connectivity index (χ0n) is 7.06. The lowest BCUT2D eigenvalue weighted by Gasteiger charge is -2.22. The number of ether oxygens (including phenoxy) is 1. The highest BCUT2D eigenvalue weighted by atomic mass is 16.7. The van der Waals surface area contributed by atoms with Crippen LogP contribution in [0.5, 0.6) is 5.75 Å². The Hall–Kier alpha value is -1.51. The van der Waals surface area contributed by atoms with Gasteiger partial charge in [-0.05, 0) is 24.5 Å². The summed E-state index contributed by atoms with van der Waals surface area (Å²) >= 11 is 0. The van der Waals surface area contributed by atoms with Crippen molar-refractivity contribution >= 4 is 5.97 Å². The van der Waals surface area contributed by atoms with Crippen LogP contribution in [0.2, 0.25) is 0 Å². The van der Waals surface area contributed by atoms with Gasteiger partial charge in [-0.3, -0.25) is 0 Å². The van der Waals surface area contributed by atoms with Gasteiger partial charge >= 0.3 is 5.97 Å². The Bertz CT molecular complexity index is 333. The SMILES string of the molecule is O=[14C](O)[C@H]1CCc2ccccc2O1. The van der Waals surface area contributed by atoms with Crippen molar-refractivity contribution in [3.8, 4) is 5.75 Å². The molecule has 0 spiro atoms. The number of fused-ring (bicyclic) bond motifs is 1. The first-order valence-corrected chi connectivity index (χ1v) is 4.25. The van der Waals surface area contributed by atoms with Crippen LogP contribution in [0.4, 0.5) is 0 Å². The minimum atomic E-state index is -0.880. The lowest BCUT2D eigenvalue weighted by Crippen LogP contribution is -2.30. The smallest absolute Gasteiger partial charge is 0.344 e. The number of carbonyl (C=O) groups is 1. The minimum absolute atomic E-state index is 0.562. The second-order valence-electron chi connectivity index (χ2n) is 3.09. The Morgan fingerprint density at radius 1 is 1.46 bits per heavy atom. The fourth-order valence-electron chi connectivity index (χ4n) is 1.50. The van der Waals surface area contributed by atoms with Crippen LogP contribution in [0.25, 0.3) is 0 Å². The normalized spacial score (nSPS) is 20.2. The van der Waals surface area contributed by atoms with E-state index in [2.05, 4.69) is 0 Å². The molecule has 3 heteroatoms. The van der Waals surface area contributed by atoms with Crippen molar-refractivity contribution in [3.63, 3.8) is 0 Å². The summed E-state index contributed by atoms with van der Waals surface area (Å²) in [4.78, 5) is 10.6. The third-order valence-corrected chi connectivity index (χ3v) is 2.19. The fourth-order valence-corrected chi connectivity index (χ4v) is 1.50. The van der Waals surface area contributed by atoms with Gasteiger partial charge in [0.1, 0.15) is 5.75 Å². The molecule has 13 heavy (non-hydrogen) atoms. The van der Waals surface area contributed by atoms with Gasteiger partial charge in [0.2, 0.25) is 0 Å². The number of aryl methyl sites for hydroxylation is 1. The van der Waals surface area contributed by atoms with Crippen molar-refractivity contribution in [3.05, 3.63) is 29.8 Å². The molecule has 3 nitrogen and oxygen atoms in total. The van der Waals surface area contributed by atoms with Crippen LogP contribution in [-0.4, -0.2) is 17.2 Å². The van der Waals surface area contributed by atoms with E-state index in [1.807, 2.05) is 24.3 Å². The standard InChI is InChI=1S/C10H10O3/c11-10(12)9-6-5-7-3-1-2-4-8(7)13-9/h1-4,9H,5-6H2,(H,11,12)/t9-/m1/s1/i10+2. The highest BCUT2D eigenvalue weighted by Crippen LogP contribution is 2.26. The summed E-state index contributed by atoms with van der Waals surface area (Å²) in [5, 5.41) is 8.74. The molecule has 0 saturated carbocycles. The number of benzene rings is 1. The van der Waals surface area contributed by atoms with E-state index in [0.29, 0.717) is 12.2 Å². The van der Waals surface area contributed by atoms with Crippen LogP contribution in [0.15, 0.2) is 24.3 Å². The van der Waals surface area contributed by atoms with Crippen LogP contribution in [0.1, 0.15) is 12.0 Å². The molecule has 1 aromatic rings. The Morgan fingerprint density at radius 3 is 3.00 bits per heavy atom. The van der Waals surface area contributed by atoms with E-state index in [1.54, 1.807) is 0 Å². The first-order valence-electron chi connectivity index (χ1n) is 4.25. The predicted molar refractivity (Wildman–Crippen MR) is 46.8 cm³/mol. The van der Waals surface area contributed by atoms with Crippen molar-refractivity contribution in [1.29, 1.82) is 0 Å². The summed E-state index contributed by atoms with van der Waals surface area (Å²) in [6.45, 7) is 0. The van der Waals surface area contributed by atoms with Crippen LogP contribution in [0.3, 0.4) is 0 Å². The van der Waals surface area contributed by atoms with Gasteiger partial charge < -0.3 is 9.84 Å². The number of hydrogen-bond acceptors (Lipinski definition) is 2. The average molecular weight is 180 g/mol. The first-order chi connectivity index (χ1) is 6.27. The predicted octanol–water partition coefficient (Wildman–Crippen LogP) is 1.46. The van der Waals surface area contributed by atoms with Gasteiger partial charge in [-0.15, -0.1) is 0 Å². The molecule has 68 valence electrons. The van der Waals surface area contributed by atoms with Crippen molar-refractivity contribution in [2.75, 3.05) is 0 Å². The number of para-hydroxylation sites is 1. The van der Waals surface area contributed by atoms with Crippen molar-refractivity contribution in [2.45, 2.75) is 18.9 Å². The molecule has 1 N–H and O–H groups in total. The summed E-state index contributed by atoms with van der Waals surface area (Å²) in [5.41, 5.74) is 1.10. The molecule has 0 amide bonds. The van der Waals surface area contributed by atoms with E-state index in [-0.39, 0.29) is 0 Å². The summed E-state index contributed by atoms with van der Waals surface area (Å²) in [6.07, 6.45) is 0.675. The zero-order valence-corrected chi connectivity index (χ0v) is 7.06. The lowest BCUT2D eigenvalue weighted by molar-refractivity contribution is -0.145. The average Bonchev–Trinajstić information content (AvgIpc) is 2.17. The number of hydrogen-bond donors (Lipinski definition) is 1. The van der Waals surface area contributed by atoms with Crippen molar-refractivity contribution < 1.29 is 14.6 Å². The second kappa shape index (κ2) is 3.09. The first kappa shape index (κ1) is 8.10. The second-order valence-corrected chi connectivity index (χ2v) is 3.09. The molecule has 1 aromatic carbocycles. The molecule has 1 aliphatic heterocycles. The monoisotopic (exact) mass is 180 g/mol. The number of carboxylic acids is 1. The number of aliphatic carboxylic acids is 1. The zero-order chi connectivity index (χ0) is 9.26. The molecule has 2 rings (SSSR count). The molecule has 1 aliphatic rings. The van der Waals surface area contributed by atoms with Gasteiger partial charge in [0, 0.05) is 0 Å². The van der Waals surface area contributed by atoms with Crippen molar-refractivity contribution in [1.82, 2.24) is 0 Å². The van der Waals surface area contributed by atoms with Gasteiger partial charge in [-0.1, -0.05) is 18.2 Å². The molecule has 1 atom stereocenters. The van der Waals surface area contributed by atoms with E-state index in [4.69, 9.17) is 9.84 Å².